The van der Waals surface area contributed by atoms with E-state index in [0.29, 0.717) is 25.9 Å². The Morgan fingerprint density at radius 2 is 1.74 bits per heavy atom. The molecule has 1 aromatic rings. The van der Waals surface area contributed by atoms with Gasteiger partial charge in [-0.25, -0.2) is 9.18 Å². The summed E-state index contributed by atoms with van der Waals surface area (Å²) in [6, 6.07) is 4.73. The van der Waals surface area contributed by atoms with Crippen LogP contribution in [0.25, 0.3) is 0 Å². The molecule has 8 heteroatoms. The Morgan fingerprint density at radius 1 is 1.13 bits per heavy atom. The molecular weight excluding hydrogens is 399 g/mol. The first-order valence-corrected chi connectivity index (χ1v) is 10.9. The molecule has 1 aliphatic rings. The number of likely N-dealkylation sites (tertiary alicyclic amines) is 1. The zero-order chi connectivity index (χ0) is 23.2. The first kappa shape index (κ1) is 24.6. The van der Waals surface area contributed by atoms with Crippen LogP contribution in [0.2, 0.25) is 0 Å². The number of amides is 4. The number of nitrogens with one attached hydrogen (secondary N) is 3. The molecule has 172 valence electrons. The molecule has 2 rings (SSSR count). The van der Waals surface area contributed by atoms with Crippen LogP contribution < -0.4 is 16.0 Å². The average molecular weight is 435 g/mol. The smallest absolute Gasteiger partial charge is 0.317 e. The zero-order valence-corrected chi connectivity index (χ0v) is 19.1. The molecule has 0 aromatic heterocycles. The topological polar surface area (TPSA) is 90.5 Å². The van der Waals surface area contributed by atoms with Crippen molar-refractivity contribution in [3.63, 3.8) is 0 Å². The van der Waals surface area contributed by atoms with Gasteiger partial charge in [0.15, 0.2) is 0 Å². The molecule has 0 aliphatic carbocycles. The van der Waals surface area contributed by atoms with Gasteiger partial charge in [0.1, 0.15) is 11.9 Å². The zero-order valence-electron chi connectivity index (χ0n) is 19.1. The van der Waals surface area contributed by atoms with Gasteiger partial charge < -0.3 is 20.9 Å². The van der Waals surface area contributed by atoms with Crippen LogP contribution in [-0.2, 0) is 4.79 Å². The van der Waals surface area contributed by atoms with E-state index in [9.17, 15) is 18.8 Å². The van der Waals surface area contributed by atoms with Gasteiger partial charge in [0.25, 0.3) is 5.91 Å². The number of urea groups is 1. The standard InChI is InChI=1S/C23H35FN4O3/c1-6-15(2)25-21(30)19(26-20(29)17-9-7-8-10-18(17)24)16-11-13-28(14-12-16)22(31)27-23(3,4)5/h7-10,15-16,19H,6,11-14H2,1-5H3,(H,25,30)(H,26,29)(H,27,31)/t15-,19+/m0/s1. The molecule has 0 spiro atoms. The molecule has 3 N–H and O–H groups in total. The number of nitrogens with zero attached hydrogens (tertiary/aromatic N) is 1. The number of piperidine rings is 1. The number of halogens is 1. The summed E-state index contributed by atoms with van der Waals surface area (Å²) < 4.78 is 14.1. The van der Waals surface area contributed by atoms with Gasteiger partial charge in [-0.1, -0.05) is 19.1 Å². The van der Waals surface area contributed by atoms with Gasteiger partial charge in [0.2, 0.25) is 5.91 Å². The summed E-state index contributed by atoms with van der Waals surface area (Å²) >= 11 is 0. The molecule has 2 atom stereocenters. The second-order valence-electron chi connectivity index (χ2n) is 9.25. The van der Waals surface area contributed by atoms with Crippen molar-refractivity contribution in [1.82, 2.24) is 20.9 Å². The van der Waals surface area contributed by atoms with E-state index in [1.54, 1.807) is 11.0 Å². The van der Waals surface area contributed by atoms with E-state index in [-0.39, 0.29) is 35.0 Å². The highest BCUT2D eigenvalue weighted by molar-refractivity contribution is 5.97. The molecule has 4 amide bonds. The van der Waals surface area contributed by atoms with Crippen LogP contribution in [0.15, 0.2) is 24.3 Å². The normalized spacial score (nSPS) is 16.9. The fraction of sp³-hybridized carbons (Fsp3) is 0.609. The minimum Gasteiger partial charge on any atom is -0.352 e. The highest BCUT2D eigenvalue weighted by Gasteiger charge is 2.35. The average Bonchev–Trinajstić information content (AvgIpc) is 2.70. The Bertz CT molecular complexity index is 785. The number of carbonyl (C=O) groups is 3. The third kappa shape index (κ3) is 7.22. The number of benzene rings is 1. The van der Waals surface area contributed by atoms with Gasteiger partial charge in [-0.05, 0) is 65.0 Å². The molecule has 1 heterocycles. The maximum absolute atomic E-state index is 14.1. The van der Waals surface area contributed by atoms with Gasteiger partial charge in [-0.3, -0.25) is 9.59 Å². The molecule has 31 heavy (non-hydrogen) atoms. The SMILES string of the molecule is CC[C@H](C)NC(=O)[C@H](NC(=O)c1ccccc1F)C1CCN(C(=O)NC(C)(C)C)CC1. The molecule has 1 aromatic carbocycles. The maximum atomic E-state index is 14.1. The van der Waals surface area contributed by atoms with Crippen molar-refractivity contribution in [2.24, 2.45) is 5.92 Å². The lowest BCUT2D eigenvalue weighted by atomic mass is 9.88. The van der Waals surface area contributed by atoms with E-state index in [0.717, 1.165) is 6.42 Å². The highest BCUT2D eigenvalue weighted by atomic mass is 19.1. The van der Waals surface area contributed by atoms with Crippen molar-refractivity contribution >= 4 is 17.8 Å². The summed E-state index contributed by atoms with van der Waals surface area (Å²) in [5.74, 6) is -1.68. The van der Waals surface area contributed by atoms with E-state index >= 15 is 0 Å². The van der Waals surface area contributed by atoms with Crippen LogP contribution in [0.4, 0.5) is 9.18 Å². The summed E-state index contributed by atoms with van der Waals surface area (Å²) in [5, 5.41) is 8.61. The van der Waals surface area contributed by atoms with Gasteiger partial charge >= 0.3 is 6.03 Å². The molecule has 7 nitrogen and oxygen atoms in total. The number of rotatable bonds is 6. The van der Waals surface area contributed by atoms with E-state index in [1.165, 1.54) is 18.2 Å². The van der Waals surface area contributed by atoms with Crippen molar-refractivity contribution in [3.05, 3.63) is 35.6 Å². The quantitative estimate of drug-likeness (QED) is 0.643. The Balaban J connectivity index is 2.11. The summed E-state index contributed by atoms with van der Waals surface area (Å²) in [4.78, 5) is 39.8. The largest absolute Gasteiger partial charge is 0.352 e. The van der Waals surface area contributed by atoms with E-state index < -0.39 is 17.8 Å². The Labute approximate surface area is 184 Å². The van der Waals surface area contributed by atoms with Crippen molar-refractivity contribution in [2.45, 2.75) is 71.5 Å². The molecule has 1 aliphatic heterocycles. The van der Waals surface area contributed by atoms with Crippen molar-refractivity contribution < 1.29 is 18.8 Å². The van der Waals surface area contributed by atoms with Crippen molar-refractivity contribution in [2.75, 3.05) is 13.1 Å². The van der Waals surface area contributed by atoms with Crippen LogP contribution in [-0.4, -0.2) is 53.5 Å². The van der Waals surface area contributed by atoms with E-state index in [2.05, 4.69) is 16.0 Å². The Kier molecular flexibility index (Phi) is 8.42. The van der Waals surface area contributed by atoms with E-state index in [1.807, 2.05) is 34.6 Å². The maximum Gasteiger partial charge on any atom is 0.317 e. The van der Waals surface area contributed by atoms with Crippen LogP contribution in [0, 0.1) is 11.7 Å². The van der Waals surface area contributed by atoms with Gasteiger partial charge in [0, 0.05) is 24.7 Å². The molecule has 0 saturated carbocycles. The fourth-order valence-electron chi connectivity index (χ4n) is 3.53. The summed E-state index contributed by atoms with van der Waals surface area (Å²) in [5.41, 5.74) is -0.425. The lowest BCUT2D eigenvalue weighted by Gasteiger charge is -2.37. The Hall–Kier alpha value is -2.64. The van der Waals surface area contributed by atoms with Crippen LogP contribution >= 0.6 is 0 Å². The molecule has 1 fully saturated rings. The first-order chi connectivity index (χ1) is 14.5. The van der Waals surface area contributed by atoms with Gasteiger partial charge in [0.05, 0.1) is 5.56 Å². The molecular formula is C23H35FN4O3. The van der Waals surface area contributed by atoms with Gasteiger partial charge in [-0.2, -0.15) is 0 Å². The fourth-order valence-corrected chi connectivity index (χ4v) is 3.53. The van der Waals surface area contributed by atoms with Crippen molar-refractivity contribution in [1.29, 1.82) is 0 Å². The summed E-state index contributed by atoms with van der Waals surface area (Å²) in [6.07, 6.45) is 1.88. The Morgan fingerprint density at radius 3 is 2.29 bits per heavy atom. The second kappa shape index (κ2) is 10.6. The highest BCUT2D eigenvalue weighted by Crippen LogP contribution is 2.22. The predicted molar refractivity (Wildman–Crippen MR) is 118 cm³/mol. The number of hydrogen-bond acceptors (Lipinski definition) is 3. The molecule has 1 saturated heterocycles. The van der Waals surface area contributed by atoms with Crippen LogP contribution in [0.3, 0.4) is 0 Å². The minimum atomic E-state index is -0.797. The monoisotopic (exact) mass is 434 g/mol. The predicted octanol–water partition coefficient (Wildman–Crippen LogP) is 3.06. The molecule has 0 radical (unpaired) electrons. The summed E-state index contributed by atoms with van der Waals surface area (Å²) in [6.45, 7) is 10.6. The minimum absolute atomic E-state index is 0.0435. The van der Waals surface area contributed by atoms with E-state index in [4.69, 9.17) is 0 Å². The van der Waals surface area contributed by atoms with Crippen molar-refractivity contribution in [3.8, 4) is 0 Å². The van der Waals surface area contributed by atoms with Crippen LogP contribution in [0.5, 0.6) is 0 Å². The van der Waals surface area contributed by atoms with Gasteiger partial charge in [-0.15, -0.1) is 0 Å². The molecule has 0 bridgehead atoms. The van der Waals surface area contributed by atoms with Crippen LogP contribution in [0.1, 0.15) is 64.2 Å². The third-order valence-electron chi connectivity index (χ3n) is 5.47. The first-order valence-electron chi connectivity index (χ1n) is 10.9. The lowest BCUT2D eigenvalue weighted by molar-refractivity contribution is -0.125. The third-order valence-corrected chi connectivity index (χ3v) is 5.47. The summed E-state index contributed by atoms with van der Waals surface area (Å²) in [7, 11) is 0. The second-order valence-corrected chi connectivity index (χ2v) is 9.25. The molecule has 0 unspecified atom stereocenters. The number of carbonyl (C=O) groups excluding carboxylic acids is 3. The number of hydrogen-bond donors (Lipinski definition) is 3. The lowest BCUT2D eigenvalue weighted by Crippen LogP contribution is -2.56.